The molecule has 2 N–H and O–H groups in total. The lowest BCUT2D eigenvalue weighted by Gasteiger charge is -2.36. The van der Waals surface area contributed by atoms with Gasteiger partial charge >= 0.3 is 0 Å². The van der Waals surface area contributed by atoms with Crippen molar-refractivity contribution in [2.45, 2.75) is 45.2 Å². The maximum atomic E-state index is 13.2. The Hall–Kier alpha value is -3.22. The third kappa shape index (κ3) is 5.93. The first-order valence-electron chi connectivity index (χ1n) is 11.1. The van der Waals surface area contributed by atoms with E-state index >= 15 is 0 Å². The van der Waals surface area contributed by atoms with E-state index in [4.69, 9.17) is 0 Å². The molecule has 3 rings (SSSR count). The van der Waals surface area contributed by atoms with Crippen LogP contribution in [0.25, 0.3) is 0 Å². The highest BCUT2D eigenvalue weighted by molar-refractivity contribution is 5.97. The van der Waals surface area contributed by atoms with Gasteiger partial charge in [-0.05, 0) is 55.2 Å². The molecule has 0 radical (unpaired) electrons. The zero-order valence-corrected chi connectivity index (χ0v) is 18.5. The third-order valence-corrected chi connectivity index (χ3v) is 6.05. The number of piperidine rings is 1. The van der Waals surface area contributed by atoms with E-state index in [0.29, 0.717) is 37.1 Å². The molecule has 32 heavy (non-hydrogen) atoms. The molecule has 7 heteroatoms. The molecule has 0 aliphatic carbocycles. The SMILES string of the molecule is CCC(C)C(NC(=O)c1ccccc1)C(=O)N1CCC(NC(=O)c2ccc(F)cc2)CC1. The highest BCUT2D eigenvalue weighted by Gasteiger charge is 2.32. The van der Waals surface area contributed by atoms with Crippen LogP contribution < -0.4 is 10.6 Å². The summed E-state index contributed by atoms with van der Waals surface area (Å²) in [7, 11) is 0. The van der Waals surface area contributed by atoms with Crippen molar-refractivity contribution in [1.29, 1.82) is 0 Å². The van der Waals surface area contributed by atoms with Gasteiger partial charge in [0.2, 0.25) is 5.91 Å². The maximum absolute atomic E-state index is 13.2. The molecule has 1 aliphatic heterocycles. The van der Waals surface area contributed by atoms with E-state index in [1.807, 2.05) is 19.9 Å². The summed E-state index contributed by atoms with van der Waals surface area (Å²) in [6, 6.07) is 13.6. The average molecular weight is 440 g/mol. The molecule has 2 aromatic carbocycles. The summed E-state index contributed by atoms with van der Waals surface area (Å²) in [6.07, 6.45) is 2.01. The normalized spacial score (nSPS) is 16.2. The number of hydrogen-bond donors (Lipinski definition) is 2. The van der Waals surface area contributed by atoms with E-state index in [1.54, 1.807) is 29.2 Å². The second-order valence-electron chi connectivity index (χ2n) is 8.28. The van der Waals surface area contributed by atoms with Crippen LogP contribution in [-0.2, 0) is 4.79 Å². The topological polar surface area (TPSA) is 78.5 Å². The van der Waals surface area contributed by atoms with Crippen molar-refractivity contribution in [3.05, 3.63) is 71.5 Å². The first kappa shape index (κ1) is 23.4. The molecule has 0 spiro atoms. The Kier molecular flexibility index (Phi) is 7.98. The van der Waals surface area contributed by atoms with Gasteiger partial charge in [0, 0.05) is 30.3 Å². The van der Waals surface area contributed by atoms with Crippen LogP contribution in [0, 0.1) is 11.7 Å². The number of amides is 3. The number of likely N-dealkylation sites (tertiary alicyclic amines) is 1. The fraction of sp³-hybridized carbons (Fsp3) is 0.400. The molecule has 0 saturated carbocycles. The Balaban J connectivity index is 1.57. The van der Waals surface area contributed by atoms with Gasteiger partial charge in [-0.25, -0.2) is 4.39 Å². The molecule has 1 aliphatic rings. The van der Waals surface area contributed by atoms with Crippen LogP contribution in [0.5, 0.6) is 0 Å². The number of nitrogens with zero attached hydrogens (tertiary/aromatic N) is 1. The summed E-state index contributed by atoms with van der Waals surface area (Å²) in [5, 5.41) is 5.88. The van der Waals surface area contributed by atoms with Gasteiger partial charge in [-0.15, -0.1) is 0 Å². The summed E-state index contributed by atoms with van der Waals surface area (Å²) in [5.74, 6) is -0.991. The number of carbonyl (C=O) groups is 3. The second kappa shape index (κ2) is 10.9. The third-order valence-electron chi connectivity index (χ3n) is 6.05. The summed E-state index contributed by atoms with van der Waals surface area (Å²) < 4.78 is 13.1. The van der Waals surface area contributed by atoms with Crippen molar-refractivity contribution in [2.24, 2.45) is 5.92 Å². The molecule has 2 aromatic rings. The highest BCUT2D eigenvalue weighted by atomic mass is 19.1. The van der Waals surface area contributed by atoms with Crippen LogP contribution in [0.4, 0.5) is 4.39 Å². The minimum atomic E-state index is -0.599. The number of nitrogens with one attached hydrogen (secondary N) is 2. The monoisotopic (exact) mass is 439 g/mol. The van der Waals surface area contributed by atoms with Gasteiger partial charge in [0.05, 0.1) is 0 Å². The van der Waals surface area contributed by atoms with E-state index in [2.05, 4.69) is 10.6 Å². The van der Waals surface area contributed by atoms with Gasteiger partial charge in [-0.2, -0.15) is 0 Å². The minimum absolute atomic E-state index is 0.00827. The zero-order valence-electron chi connectivity index (χ0n) is 18.5. The lowest BCUT2D eigenvalue weighted by atomic mass is 9.95. The van der Waals surface area contributed by atoms with Crippen molar-refractivity contribution < 1.29 is 18.8 Å². The van der Waals surface area contributed by atoms with E-state index in [9.17, 15) is 18.8 Å². The first-order valence-corrected chi connectivity index (χ1v) is 11.1. The number of carbonyl (C=O) groups excluding carboxylic acids is 3. The van der Waals surface area contributed by atoms with Gasteiger partial charge in [-0.1, -0.05) is 38.5 Å². The molecule has 1 heterocycles. The predicted octanol–water partition coefficient (Wildman–Crippen LogP) is 3.39. The Morgan fingerprint density at radius 2 is 1.56 bits per heavy atom. The summed E-state index contributed by atoms with van der Waals surface area (Å²) in [4.78, 5) is 40.0. The van der Waals surface area contributed by atoms with Gasteiger partial charge in [0.15, 0.2) is 0 Å². The molecular formula is C25H30FN3O3. The van der Waals surface area contributed by atoms with Gasteiger partial charge in [0.25, 0.3) is 11.8 Å². The van der Waals surface area contributed by atoms with Crippen LogP contribution in [-0.4, -0.2) is 47.8 Å². The Morgan fingerprint density at radius 3 is 2.16 bits per heavy atom. The molecule has 170 valence electrons. The number of hydrogen-bond acceptors (Lipinski definition) is 3. The largest absolute Gasteiger partial charge is 0.349 e. The van der Waals surface area contributed by atoms with E-state index < -0.39 is 6.04 Å². The van der Waals surface area contributed by atoms with Crippen molar-refractivity contribution >= 4 is 17.7 Å². The number of rotatable bonds is 7. The van der Waals surface area contributed by atoms with Crippen LogP contribution in [0.1, 0.15) is 53.8 Å². The van der Waals surface area contributed by atoms with E-state index in [-0.39, 0.29) is 35.5 Å². The molecule has 1 saturated heterocycles. The molecular weight excluding hydrogens is 409 g/mol. The molecule has 1 fully saturated rings. The first-order chi connectivity index (χ1) is 15.4. The fourth-order valence-electron chi connectivity index (χ4n) is 3.81. The summed E-state index contributed by atoms with van der Waals surface area (Å²) >= 11 is 0. The van der Waals surface area contributed by atoms with Crippen molar-refractivity contribution in [3.63, 3.8) is 0 Å². The second-order valence-corrected chi connectivity index (χ2v) is 8.28. The summed E-state index contributed by atoms with van der Waals surface area (Å²) in [5.41, 5.74) is 0.932. The molecule has 6 nitrogen and oxygen atoms in total. The van der Waals surface area contributed by atoms with Gasteiger partial charge in [0.1, 0.15) is 11.9 Å². The zero-order chi connectivity index (χ0) is 23.1. The van der Waals surface area contributed by atoms with Crippen LogP contribution in [0.2, 0.25) is 0 Å². The maximum Gasteiger partial charge on any atom is 0.251 e. The smallest absolute Gasteiger partial charge is 0.251 e. The molecule has 3 amide bonds. The Morgan fingerprint density at radius 1 is 0.969 bits per heavy atom. The van der Waals surface area contributed by atoms with E-state index in [0.717, 1.165) is 6.42 Å². The molecule has 2 unspecified atom stereocenters. The highest BCUT2D eigenvalue weighted by Crippen LogP contribution is 2.17. The van der Waals surface area contributed by atoms with Gasteiger partial charge in [-0.3, -0.25) is 14.4 Å². The molecule has 2 atom stereocenters. The summed E-state index contributed by atoms with van der Waals surface area (Å²) in [6.45, 7) is 4.96. The standard InChI is InChI=1S/C25H30FN3O3/c1-3-17(2)22(28-24(31)18-7-5-4-6-8-18)25(32)29-15-13-21(14-16-29)27-23(30)19-9-11-20(26)12-10-19/h4-12,17,21-22H,3,13-16H2,1-2H3,(H,27,30)(H,28,31). The quantitative estimate of drug-likeness (QED) is 0.694. The molecule has 0 bridgehead atoms. The Labute approximate surface area is 188 Å². The van der Waals surface area contributed by atoms with Crippen LogP contribution >= 0.6 is 0 Å². The fourth-order valence-corrected chi connectivity index (χ4v) is 3.81. The number of halogens is 1. The lowest BCUT2D eigenvalue weighted by molar-refractivity contribution is -0.135. The van der Waals surface area contributed by atoms with Crippen molar-refractivity contribution in [2.75, 3.05) is 13.1 Å². The minimum Gasteiger partial charge on any atom is -0.349 e. The lowest BCUT2D eigenvalue weighted by Crippen LogP contribution is -2.55. The van der Waals surface area contributed by atoms with E-state index in [1.165, 1.54) is 24.3 Å². The average Bonchev–Trinajstić information content (AvgIpc) is 2.83. The van der Waals surface area contributed by atoms with Gasteiger partial charge < -0.3 is 15.5 Å². The molecule has 0 aromatic heterocycles. The van der Waals surface area contributed by atoms with Crippen molar-refractivity contribution in [3.8, 4) is 0 Å². The van der Waals surface area contributed by atoms with Crippen molar-refractivity contribution in [1.82, 2.24) is 15.5 Å². The predicted molar refractivity (Wildman–Crippen MR) is 121 cm³/mol. The number of benzene rings is 2. The van der Waals surface area contributed by atoms with Crippen LogP contribution in [0.15, 0.2) is 54.6 Å². The van der Waals surface area contributed by atoms with Crippen LogP contribution in [0.3, 0.4) is 0 Å². The Bertz CT molecular complexity index is 925.